The van der Waals surface area contributed by atoms with Crippen LogP contribution in [0.1, 0.15) is 50.4 Å². The summed E-state index contributed by atoms with van der Waals surface area (Å²) in [5.41, 5.74) is 0.103. The lowest BCUT2D eigenvalue weighted by Gasteiger charge is -2.36. The van der Waals surface area contributed by atoms with Gasteiger partial charge in [-0.3, -0.25) is 9.59 Å². The summed E-state index contributed by atoms with van der Waals surface area (Å²) in [4.78, 5) is 24.8. The third-order valence-electron chi connectivity index (χ3n) is 5.43. The second-order valence-electron chi connectivity index (χ2n) is 7.67. The number of ether oxygens (including phenoxy) is 1. The van der Waals surface area contributed by atoms with Crippen molar-refractivity contribution in [3.05, 3.63) is 29.8 Å². The van der Waals surface area contributed by atoms with Crippen molar-refractivity contribution in [1.82, 2.24) is 4.31 Å². The molecule has 6 nitrogen and oxygen atoms in total. The van der Waals surface area contributed by atoms with Crippen LogP contribution in [0.25, 0.3) is 0 Å². The monoisotopic (exact) mass is 379 g/mol. The molecule has 1 amide bonds. The summed E-state index contributed by atoms with van der Waals surface area (Å²) in [7, 11) is -3.99. The van der Waals surface area contributed by atoms with Crippen LogP contribution in [0.3, 0.4) is 0 Å². The van der Waals surface area contributed by atoms with Crippen molar-refractivity contribution in [2.45, 2.75) is 51.0 Å². The Morgan fingerprint density at radius 1 is 1.27 bits per heavy atom. The van der Waals surface area contributed by atoms with Gasteiger partial charge in [-0.05, 0) is 42.7 Å². The number of fused-ring (bicyclic) bond motifs is 1. The second kappa shape index (κ2) is 7.02. The average Bonchev–Trinajstić information content (AvgIpc) is 2.76. The average molecular weight is 379 g/mol. The summed E-state index contributed by atoms with van der Waals surface area (Å²) in [6.45, 7) is 5.76. The first-order valence-corrected chi connectivity index (χ1v) is 10.5. The van der Waals surface area contributed by atoms with E-state index in [0.717, 1.165) is 19.3 Å². The molecule has 1 saturated carbocycles. The molecule has 3 atom stereocenters. The lowest BCUT2D eigenvalue weighted by Crippen LogP contribution is -2.40. The minimum atomic E-state index is -3.99. The highest BCUT2D eigenvalue weighted by Crippen LogP contribution is 2.36. The number of rotatable bonds is 4. The summed E-state index contributed by atoms with van der Waals surface area (Å²) >= 11 is 0. The Bertz CT molecular complexity index is 817. The lowest BCUT2D eigenvalue weighted by atomic mass is 9.75. The predicted molar refractivity (Wildman–Crippen MR) is 95.9 cm³/mol. The topological polar surface area (TPSA) is 80.8 Å². The van der Waals surface area contributed by atoms with E-state index in [4.69, 9.17) is 4.74 Å². The zero-order valence-corrected chi connectivity index (χ0v) is 16.2. The smallest absolute Gasteiger partial charge is 0.327 e. The molecule has 1 aliphatic heterocycles. The van der Waals surface area contributed by atoms with Crippen LogP contribution >= 0.6 is 0 Å². The van der Waals surface area contributed by atoms with Gasteiger partial charge in [-0.2, -0.15) is 0 Å². The van der Waals surface area contributed by atoms with Crippen LogP contribution in [-0.4, -0.2) is 37.2 Å². The van der Waals surface area contributed by atoms with Gasteiger partial charge in [0.2, 0.25) is 0 Å². The summed E-state index contributed by atoms with van der Waals surface area (Å²) in [5.74, 6) is -0.237. The van der Waals surface area contributed by atoms with Crippen LogP contribution in [0.5, 0.6) is 0 Å². The second-order valence-corrected chi connectivity index (χ2v) is 9.50. The Balaban J connectivity index is 1.73. The van der Waals surface area contributed by atoms with Gasteiger partial charge in [0.15, 0.2) is 0 Å². The molecule has 1 heterocycles. The van der Waals surface area contributed by atoms with E-state index in [1.807, 2.05) is 0 Å². The molecule has 26 heavy (non-hydrogen) atoms. The minimum absolute atomic E-state index is 0.0517. The minimum Gasteiger partial charge on any atom is -0.461 e. The fraction of sp³-hybridized carbons (Fsp3) is 0.579. The Hall–Kier alpha value is -1.89. The molecule has 0 spiro atoms. The first kappa shape index (κ1) is 18.9. The summed E-state index contributed by atoms with van der Waals surface area (Å²) in [5, 5.41) is 0. The van der Waals surface area contributed by atoms with Crippen LogP contribution in [-0.2, 0) is 19.6 Å². The highest BCUT2D eigenvalue weighted by atomic mass is 32.2. The third-order valence-corrected chi connectivity index (χ3v) is 7.22. The van der Waals surface area contributed by atoms with Gasteiger partial charge in [-0.15, -0.1) is 0 Å². The van der Waals surface area contributed by atoms with Crippen molar-refractivity contribution < 1.29 is 22.7 Å². The number of hydrogen-bond donors (Lipinski definition) is 0. The fourth-order valence-electron chi connectivity index (χ4n) is 3.96. The van der Waals surface area contributed by atoms with E-state index in [9.17, 15) is 18.0 Å². The molecule has 3 unspecified atom stereocenters. The zero-order valence-electron chi connectivity index (χ0n) is 15.3. The molecule has 1 fully saturated rings. The van der Waals surface area contributed by atoms with Gasteiger partial charge in [0, 0.05) is 0 Å². The molecule has 0 radical (unpaired) electrons. The first-order chi connectivity index (χ1) is 12.2. The first-order valence-electron chi connectivity index (χ1n) is 9.07. The SMILES string of the molecule is CC1CCC(C(C)C)C(OC(=O)CN2C(=O)c3ccccc3S2(=O)=O)C1. The quantitative estimate of drug-likeness (QED) is 0.752. The molecular formula is C19H25NO5S. The highest BCUT2D eigenvalue weighted by molar-refractivity contribution is 7.90. The Kier molecular flexibility index (Phi) is 5.10. The summed E-state index contributed by atoms with van der Waals surface area (Å²) in [6.07, 6.45) is 2.64. The molecule has 0 aromatic heterocycles. The van der Waals surface area contributed by atoms with Gasteiger partial charge in [0.05, 0.1) is 5.56 Å². The van der Waals surface area contributed by atoms with Crippen LogP contribution < -0.4 is 0 Å². The van der Waals surface area contributed by atoms with Crippen molar-refractivity contribution in [3.8, 4) is 0 Å². The fourth-order valence-corrected chi connectivity index (χ4v) is 5.47. The third kappa shape index (κ3) is 3.37. The van der Waals surface area contributed by atoms with Crippen LogP contribution in [0.4, 0.5) is 0 Å². The summed E-state index contributed by atoms with van der Waals surface area (Å²) < 4.78 is 31.4. The van der Waals surface area contributed by atoms with E-state index in [2.05, 4.69) is 20.8 Å². The van der Waals surface area contributed by atoms with E-state index >= 15 is 0 Å². The van der Waals surface area contributed by atoms with Gasteiger partial charge >= 0.3 is 5.97 Å². The maximum Gasteiger partial charge on any atom is 0.327 e. The molecule has 2 aliphatic rings. The van der Waals surface area contributed by atoms with Crippen molar-refractivity contribution in [3.63, 3.8) is 0 Å². The number of benzene rings is 1. The molecule has 0 N–H and O–H groups in total. The molecule has 142 valence electrons. The van der Waals surface area contributed by atoms with E-state index in [0.29, 0.717) is 16.1 Å². The number of nitrogens with zero attached hydrogens (tertiary/aromatic N) is 1. The molecule has 1 aromatic carbocycles. The highest BCUT2D eigenvalue weighted by Gasteiger charge is 2.43. The molecular weight excluding hydrogens is 354 g/mol. The maximum atomic E-state index is 12.5. The largest absolute Gasteiger partial charge is 0.461 e. The van der Waals surface area contributed by atoms with Crippen LogP contribution in [0.15, 0.2) is 29.2 Å². The lowest BCUT2D eigenvalue weighted by molar-refractivity contribution is -0.155. The van der Waals surface area contributed by atoms with Gasteiger partial charge in [0.25, 0.3) is 15.9 Å². The van der Waals surface area contributed by atoms with E-state index < -0.39 is 28.4 Å². The van der Waals surface area contributed by atoms with E-state index in [1.165, 1.54) is 12.1 Å². The van der Waals surface area contributed by atoms with Crippen LogP contribution in [0, 0.1) is 17.8 Å². The molecule has 1 aromatic rings. The van der Waals surface area contributed by atoms with Crippen molar-refractivity contribution in [1.29, 1.82) is 0 Å². The number of esters is 1. The standard InChI is InChI=1S/C19H25NO5S/c1-12(2)14-9-8-13(3)10-16(14)25-18(21)11-20-19(22)15-6-4-5-7-17(15)26(20,23)24/h4-7,12-14,16H,8-11H2,1-3H3. The Labute approximate surface area is 154 Å². The number of amides is 1. The molecule has 7 heteroatoms. The summed E-state index contributed by atoms with van der Waals surface area (Å²) in [6, 6.07) is 6.00. The van der Waals surface area contributed by atoms with Crippen molar-refractivity contribution in [2.24, 2.45) is 17.8 Å². The maximum absolute atomic E-state index is 12.5. The number of hydrogen-bond acceptors (Lipinski definition) is 5. The van der Waals surface area contributed by atoms with Crippen molar-refractivity contribution in [2.75, 3.05) is 6.54 Å². The number of carbonyl (C=O) groups is 2. The van der Waals surface area contributed by atoms with E-state index in [1.54, 1.807) is 12.1 Å². The van der Waals surface area contributed by atoms with E-state index in [-0.39, 0.29) is 22.5 Å². The normalized spacial score (nSPS) is 27.5. The molecule has 0 saturated heterocycles. The van der Waals surface area contributed by atoms with Gasteiger partial charge in [-0.25, -0.2) is 12.7 Å². The number of carbonyl (C=O) groups excluding carboxylic acids is 2. The number of sulfonamides is 1. The molecule has 3 rings (SSSR count). The predicted octanol–water partition coefficient (Wildman–Crippen LogP) is 2.84. The van der Waals surface area contributed by atoms with Gasteiger partial charge in [0.1, 0.15) is 17.5 Å². The zero-order chi connectivity index (χ0) is 19.1. The van der Waals surface area contributed by atoms with Gasteiger partial charge < -0.3 is 4.74 Å². The molecule has 1 aliphatic carbocycles. The Morgan fingerprint density at radius 2 is 1.96 bits per heavy atom. The van der Waals surface area contributed by atoms with Gasteiger partial charge in [-0.1, -0.05) is 39.3 Å². The molecule has 0 bridgehead atoms. The van der Waals surface area contributed by atoms with Crippen molar-refractivity contribution >= 4 is 21.9 Å². The Morgan fingerprint density at radius 3 is 2.62 bits per heavy atom. The van der Waals surface area contributed by atoms with Crippen LogP contribution in [0.2, 0.25) is 0 Å².